The van der Waals surface area contributed by atoms with Crippen LogP contribution < -0.4 is 5.32 Å². The number of carbonyl (C=O) groups is 2. The SMILES string of the molecule is O=C(Nc1ccccc1)C(=O)N1CCC(c2[nH]ncc2-c2ccccc2)CC1. The number of piperidine rings is 1. The normalized spacial score (nSPS) is 14.6. The molecule has 28 heavy (non-hydrogen) atoms. The molecule has 2 heterocycles. The van der Waals surface area contributed by atoms with Gasteiger partial charge in [-0.2, -0.15) is 5.10 Å². The summed E-state index contributed by atoms with van der Waals surface area (Å²) in [5.74, 6) is -0.773. The van der Waals surface area contributed by atoms with Crippen molar-refractivity contribution < 1.29 is 9.59 Å². The van der Waals surface area contributed by atoms with Gasteiger partial charge in [-0.3, -0.25) is 14.7 Å². The van der Waals surface area contributed by atoms with Gasteiger partial charge in [-0.1, -0.05) is 48.5 Å². The highest BCUT2D eigenvalue weighted by atomic mass is 16.2. The van der Waals surface area contributed by atoms with E-state index in [4.69, 9.17) is 0 Å². The molecule has 1 fully saturated rings. The molecule has 2 aromatic carbocycles. The minimum Gasteiger partial charge on any atom is -0.334 e. The summed E-state index contributed by atoms with van der Waals surface area (Å²) in [5.41, 5.74) is 3.96. The maximum Gasteiger partial charge on any atom is 0.313 e. The number of rotatable bonds is 3. The van der Waals surface area contributed by atoms with Crippen molar-refractivity contribution in [3.05, 3.63) is 72.6 Å². The maximum atomic E-state index is 12.5. The smallest absolute Gasteiger partial charge is 0.313 e. The Kier molecular flexibility index (Phi) is 5.19. The highest BCUT2D eigenvalue weighted by Crippen LogP contribution is 2.33. The van der Waals surface area contributed by atoms with Gasteiger partial charge in [-0.15, -0.1) is 0 Å². The molecule has 0 radical (unpaired) electrons. The highest BCUT2D eigenvalue weighted by Gasteiger charge is 2.29. The molecule has 6 nitrogen and oxygen atoms in total. The third-order valence-electron chi connectivity index (χ3n) is 5.17. The summed E-state index contributed by atoms with van der Waals surface area (Å²) >= 11 is 0. The van der Waals surface area contributed by atoms with Crippen LogP contribution in [0.1, 0.15) is 24.5 Å². The predicted octanol–water partition coefficient (Wildman–Crippen LogP) is 3.42. The molecular weight excluding hydrogens is 352 g/mol. The van der Waals surface area contributed by atoms with Gasteiger partial charge in [-0.25, -0.2) is 0 Å². The number of para-hydroxylation sites is 1. The van der Waals surface area contributed by atoms with E-state index in [1.165, 1.54) is 0 Å². The lowest BCUT2D eigenvalue weighted by Crippen LogP contribution is -2.43. The van der Waals surface area contributed by atoms with Gasteiger partial charge in [0.25, 0.3) is 0 Å². The first-order valence-corrected chi connectivity index (χ1v) is 9.46. The number of hydrogen-bond donors (Lipinski definition) is 2. The zero-order valence-electron chi connectivity index (χ0n) is 15.5. The van der Waals surface area contributed by atoms with Crippen molar-refractivity contribution in [1.29, 1.82) is 0 Å². The van der Waals surface area contributed by atoms with Crippen molar-refractivity contribution in [2.24, 2.45) is 0 Å². The number of benzene rings is 2. The van der Waals surface area contributed by atoms with Crippen LogP contribution >= 0.6 is 0 Å². The average molecular weight is 374 g/mol. The number of anilines is 1. The lowest BCUT2D eigenvalue weighted by Gasteiger charge is -2.31. The van der Waals surface area contributed by atoms with Crippen LogP contribution in [0.15, 0.2) is 66.9 Å². The number of amides is 2. The quantitative estimate of drug-likeness (QED) is 0.690. The second-order valence-electron chi connectivity index (χ2n) is 6.95. The number of H-pyrrole nitrogens is 1. The van der Waals surface area contributed by atoms with Crippen LogP contribution in [-0.2, 0) is 9.59 Å². The van der Waals surface area contributed by atoms with Crippen molar-refractivity contribution >= 4 is 17.5 Å². The van der Waals surface area contributed by atoms with Crippen molar-refractivity contribution in [3.63, 3.8) is 0 Å². The molecule has 0 unspecified atom stereocenters. The van der Waals surface area contributed by atoms with E-state index in [9.17, 15) is 9.59 Å². The maximum absolute atomic E-state index is 12.5. The van der Waals surface area contributed by atoms with Gasteiger partial charge in [0, 0.05) is 36.0 Å². The van der Waals surface area contributed by atoms with E-state index in [1.807, 2.05) is 42.6 Å². The zero-order valence-corrected chi connectivity index (χ0v) is 15.5. The molecule has 6 heteroatoms. The summed E-state index contributed by atoms with van der Waals surface area (Å²) in [4.78, 5) is 26.4. The lowest BCUT2D eigenvalue weighted by atomic mass is 9.89. The van der Waals surface area contributed by atoms with Gasteiger partial charge in [0.15, 0.2) is 0 Å². The second-order valence-corrected chi connectivity index (χ2v) is 6.95. The van der Waals surface area contributed by atoms with Crippen LogP contribution in [0.3, 0.4) is 0 Å². The molecule has 1 saturated heterocycles. The second kappa shape index (κ2) is 8.08. The summed E-state index contributed by atoms with van der Waals surface area (Å²) in [7, 11) is 0. The largest absolute Gasteiger partial charge is 0.334 e. The number of nitrogens with zero attached hydrogens (tertiary/aromatic N) is 2. The average Bonchev–Trinajstić information content (AvgIpc) is 3.24. The minimum atomic E-state index is -0.587. The van der Waals surface area contributed by atoms with E-state index < -0.39 is 11.8 Å². The number of carbonyl (C=O) groups excluding carboxylic acids is 2. The Labute approximate surface area is 163 Å². The molecule has 0 aliphatic carbocycles. The number of likely N-dealkylation sites (tertiary alicyclic amines) is 1. The topological polar surface area (TPSA) is 78.1 Å². The Balaban J connectivity index is 1.38. The third-order valence-corrected chi connectivity index (χ3v) is 5.17. The summed E-state index contributed by atoms with van der Waals surface area (Å²) in [5, 5.41) is 10.0. The van der Waals surface area contributed by atoms with Crippen LogP contribution in [-0.4, -0.2) is 40.0 Å². The first kappa shape index (κ1) is 18.0. The molecule has 1 aliphatic rings. The molecule has 4 rings (SSSR count). The Morgan fingerprint density at radius 1 is 0.964 bits per heavy atom. The van der Waals surface area contributed by atoms with Crippen molar-refractivity contribution in [1.82, 2.24) is 15.1 Å². The molecule has 3 aromatic rings. The van der Waals surface area contributed by atoms with E-state index in [0.717, 1.165) is 29.7 Å². The van der Waals surface area contributed by atoms with Crippen molar-refractivity contribution in [2.75, 3.05) is 18.4 Å². The van der Waals surface area contributed by atoms with Crippen molar-refractivity contribution in [2.45, 2.75) is 18.8 Å². The summed E-state index contributed by atoms with van der Waals surface area (Å²) in [6.07, 6.45) is 3.45. The Morgan fingerprint density at radius 3 is 2.29 bits per heavy atom. The molecule has 0 saturated carbocycles. The van der Waals surface area contributed by atoms with Crippen LogP contribution in [0.4, 0.5) is 5.69 Å². The molecule has 2 amide bonds. The molecule has 1 aromatic heterocycles. The van der Waals surface area contributed by atoms with E-state index in [2.05, 4.69) is 27.6 Å². The number of aromatic amines is 1. The number of nitrogens with one attached hydrogen (secondary N) is 2. The fraction of sp³-hybridized carbons (Fsp3) is 0.227. The molecule has 1 aliphatic heterocycles. The Bertz CT molecular complexity index is 945. The third kappa shape index (κ3) is 3.81. The van der Waals surface area contributed by atoms with Crippen LogP contribution in [0.5, 0.6) is 0 Å². The van der Waals surface area contributed by atoms with Crippen LogP contribution in [0, 0.1) is 0 Å². The van der Waals surface area contributed by atoms with E-state index in [-0.39, 0.29) is 0 Å². The van der Waals surface area contributed by atoms with Crippen molar-refractivity contribution in [3.8, 4) is 11.1 Å². The Hall–Kier alpha value is -3.41. The summed E-state index contributed by atoms with van der Waals surface area (Å²) in [6.45, 7) is 1.11. The minimum absolute atomic E-state index is 0.291. The zero-order chi connectivity index (χ0) is 19.3. The van der Waals surface area contributed by atoms with Gasteiger partial charge in [0.1, 0.15) is 0 Å². The van der Waals surface area contributed by atoms with Crippen LogP contribution in [0.25, 0.3) is 11.1 Å². The highest BCUT2D eigenvalue weighted by molar-refractivity contribution is 6.39. The van der Waals surface area contributed by atoms with Gasteiger partial charge in [0.2, 0.25) is 0 Å². The first-order chi connectivity index (χ1) is 13.7. The fourth-order valence-corrected chi connectivity index (χ4v) is 3.68. The van der Waals surface area contributed by atoms with Crippen LogP contribution in [0.2, 0.25) is 0 Å². The lowest BCUT2D eigenvalue weighted by molar-refractivity contribution is -0.143. The molecule has 0 bridgehead atoms. The standard InChI is InChI=1S/C22H22N4O2/c27-21(24-18-9-5-2-6-10-18)22(28)26-13-11-17(12-14-26)20-19(15-23-25-20)16-7-3-1-4-8-16/h1-10,15,17H,11-14H2,(H,23,25)(H,24,27). The molecule has 0 atom stereocenters. The molecule has 2 N–H and O–H groups in total. The van der Waals surface area contributed by atoms with Gasteiger partial charge < -0.3 is 10.2 Å². The number of hydrogen-bond acceptors (Lipinski definition) is 3. The number of aromatic nitrogens is 2. The monoisotopic (exact) mass is 374 g/mol. The summed E-state index contributed by atoms with van der Waals surface area (Å²) in [6, 6.07) is 19.2. The molecular formula is C22H22N4O2. The van der Waals surface area contributed by atoms with Gasteiger partial charge in [0.05, 0.1) is 6.20 Å². The molecule has 0 spiro atoms. The van der Waals surface area contributed by atoms with E-state index in [0.29, 0.717) is 24.7 Å². The first-order valence-electron chi connectivity index (χ1n) is 9.46. The Morgan fingerprint density at radius 2 is 1.61 bits per heavy atom. The fourth-order valence-electron chi connectivity index (χ4n) is 3.68. The summed E-state index contributed by atoms with van der Waals surface area (Å²) < 4.78 is 0. The van der Waals surface area contributed by atoms with Gasteiger partial charge in [-0.05, 0) is 30.5 Å². The predicted molar refractivity (Wildman–Crippen MR) is 108 cm³/mol. The van der Waals surface area contributed by atoms with E-state index in [1.54, 1.807) is 17.0 Å². The molecule has 142 valence electrons. The van der Waals surface area contributed by atoms with E-state index >= 15 is 0 Å². The van der Waals surface area contributed by atoms with Gasteiger partial charge >= 0.3 is 11.8 Å².